The summed E-state index contributed by atoms with van der Waals surface area (Å²) in [7, 11) is 0. The smallest absolute Gasteiger partial charge is 0.326 e. The topological polar surface area (TPSA) is 79.6 Å². The molecule has 6 nitrogen and oxygen atoms in total. The van der Waals surface area contributed by atoms with Crippen LogP contribution in [0.25, 0.3) is 0 Å². The van der Waals surface area contributed by atoms with Crippen LogP contribution in [-0.4, -0.2) is 39.0 Å². The lowest BCUT2D eigenvalue weighted by Gasteiger charge is -2.33. The van der Waals surface area contributed by atoms with Crippen LogP contribution in [0.15, 0.2) is 10.2 Å². The van der Waals surface area contributed by atoms with Gasteiger partial charge in [0.2, 0.25) is 5.91 Å². The normalized spacial score (nSPS) is 19.4. The summed E-state index contributed by atoms with van der Waals surface area (Å²) < 4.78 is 1.39. The lowest BCUT2D eigenvalue weighted by molar-refractivity contribution is -0.152. The molecule has 2 heterocycles. The van der Waals surface area contributed by atoms with Gasteiger partial charge in [0, 0.05) is 17.6 Å². The van der Waals surface area contributed by atoms with Crippen LogP contribution in [0.5, 0.6) is 0 Å². The van der Waals surface area contributed by atoms with E-state index in [1.807, 2.05) is 0 Å². The number of carboxylic acid groups (broad SMARTS) is 1. The molecule has 1 aromatic heterocycles. The Morgan fingerprint density at radius 3 is 2.79 bits per heavy atom. The molecule has 19 heavy (non-hydrogen) atoms. The minimum Gasteiger partial charge on any atom is -0.480 e. The second-order valence-corrected chi connectivity index (χ2v) is 5.49. The molecule has 0 radical (unpaired) electrons. The van der Waals surface area contributed by atoms with Crippen molar-refractivity contribution in [2.75, 3.05) is 6.54 Å². The molecule has 0 aromatic carbocycles. The number of likely N-dealkylation sites (tertiary alicyclic amines) is 1. The predicted molar refractivity (Wildman–Crippen MR) is 70.3 cm³/mol. The van der Waals surface area contributed by atoms with Crippen LogP contribution in [0.3, 0.4) is 0 Å². The fraction of sp³-hybridized carbons (Fsp3) is 0.583. The molecule has 1 atom stereocenters. The Labute approximate surface area is 114 Å². The van der Waals surface area contributed by atoms with Crippen molar-refractivity contribution in [2.45, 2.75) is 38.8 Å². The van der Waals surface area contributed by atoms with Gasteiger partial charge in [-0.3, -0.25) is 14.2 Å². The van der Waals surface area contributed by atoms with Crippen LogP contribution in [-0.2, 0) is 16.1 Å². The first kappa shape index (κ1) is 13.8. The molecule has 1 unspecified atom stereocenters. The highest BCUT2D eigenvalue weighted by atomic mass is 32.1. The van der Waals surface area contributed by atoms with Crippen LogP contribution in [0, 0.1) is 6.92 Å². The van der Waals surface area contributed by atoms with Crippen LogP contribution < -0.4 is 4.87 Å². The third-order valence-electron chi connectivity index (χ3n) is 3.38. The molecule has 2 rings (SSSR count). The minimum atomic E-state index is -0.970. The van der Waals surface area contributed by atoms with Gasteiger partial charge in [-0.2, -0.15) is 0 Å². The van der Waals surface area contributed by atoms with E-state index in [0.717, 1.165) is 29.9 Å². The zero-order chi connectivity index (χ0) is 14.0. The summed E-state index contributed by atoms with van der Waals surface area (Å²) >= 11 is 1.05. The highest BCUT2D eigenvalue weighted by Crippen LogP contribution is 2.18. The molecule has 0 spiro atoms. The van der Waals surface area contributed by atoms with E-state index in [-0.39, 0.29) is 17.3 Å². The summed E-state index contributed by atoms with van der Waals surface area (Å²) in [6.07, 6.45) is 2.11. The Kier molecular flexibility index (Phi) is 4.04. The largest absolute Gasteiger partial charge is 0.480 e. The quantitative estimate of drug-likeness (QED) is 0.885. The molecule has 1 N–H and O–H groups in total. The number of rotatable bonds is 3. The Bertz CT molecular complexity index is 548. The summed E-state index contributed by atoms with van der Waals surface area (Å²) in [6.45, 7) is 2.14. The van der Waals surface area contributed by atoms with E-state index in [1.165, 1.54) is 9.47 Å². The van der Waals surface area contributed by atoms with Crippen molar-refractivity contribution < 1.29 is 14.7 Å². The van der Waals surface area contributed by atoms with Gasteiger partial charge in [0.05, 0.1) is 0 Å². The van der Waals surface area contributed by atoms with E-state index >= 15 is 0 Å². The second kappa shape index (κ2) is 5.56. The second-order valence-electron chi connectivity index (χ2n) is 4.67. The molecule has 0 bridgehead atoms. The van der Waals surface area contributed by atoms with Crippen LogP contribution in [0.4, 0.5) is 0 Å². The Balaban J connectivity index is 2.14. The molecule has 7 heteroatoms. The number of nitrogens with zero attached hydrogens (tertiary/aromatic N) is 2. The summed E-state index contributed by atoms with van der Waals surface area (Å²) in [4.78, 5) is 36.1. The zero-order valence-electron chi connectivity index (χ0n) is 10.7. The van der Waals surface area contributed by atoms with Crippen molar-refractivity contribution in [3.8, 4) is 0 Å². The number of carbonyl (C=O) groups is 2. The summed E-state index contributed by atoms with van der Waals surface area (Å²) in [5.41, 5.74) is 0.729. The number of aryl methyl sites for hydroxylation is 1. The average Bonchev–Trinajstić information content (AvgIpc) is 2.70. The van der Waals surface area contributed by atoms with E-state index in [2.05, 4.69) is 0 Å². The van der Waals surface area contributed by atoms with Crippen molar-refractivity contribution in [2.24, 2.45) is 0 Å². The Morgan fingerprint density at radius 1 is 1.47 bits per heavy atom. The van der Waals surface area contributed by atoms with Gasteiger partial charge in [0.25, 0.3) is 0 Å². The first-order valence-corrected chi connectivity index (χ1v) is 7.06. The monoisotopic (exact) mass is 284 g/mol. The molecule has 1 aliphatic heterocycles. The number of thiazole rings is 1. The number of aromatic nitrogens is 1. The van der Waals surface area contributed by atoms with Crippen molar-refractivity contribution in [3.63, 3.8) is 0 Å². The van der Waals surface area contributed by atoms with Gasteiger partial charge >= 0.3 is 10.8 Å². The molecule has 0 saturated carbocycles. The molecule has 104 valence electrons. The third kappa shape index (κ3) is 2.86. The van der Waals surface area contributed by atoms with Crippen LogP contribution in [0.2, 0.25) is 0 Å². The predicted octanol–water partition coefficient (Wildman–Crippen LogP) is 0.684. The first-order valence-electron chi connectivity index (χ1n) is 6.18. The van der Waals surface area contributed by atoms with Crippen molar-refractivity contribution >= 4 is 23.2 Å². The Morgan fingerprint density at radius 2 is 2.21 bits per heavy atom. The molecule has 1 saturated heterocycles. The molecule has 1 fully saturated rings. The molecule has 1 amide bonds. The lowest BCUT2D eigenvalue weighted by atomic mass is 10.0. The van der Waals surface area contributed by atoms with Crippen molar-refractivity contribution in [1.29, 1.82) is 0 Å². The highest BCUT2D eigenvalue weighted by Gasteiger charge is 2.32. The van der Waals surface area contributed by atoms with Gasteiger partial charge in [-0.15, -0.1) is 0 Å². The molecule has 1 aliphatic rings. The van der Waals surface area contributed by atoms with Crippen LogP contribution in [0.1, 0.15) is 25.0 Å². The van der Waals surface area contributed by atoms with Gasteiger partial charge in [0.1, 0.15) is 12.6 Å². The van der Waals surface area contributed by atoms with Crippen molar-refractivity contribution in [1.82, 2.24) is 9.47 Å². The minimum absolute atomic E-state index is 0.0715. The van der Waals surface area contributed by atoms with Crippen molar-refractivity contribution in [3.05, 3.63) is 20.7 Å². The molecule has 1 aromatic rings. The van der Waals surface area contributed by atoms with Gasteiger partial charge in [-0.1, -0.05) is 11.3 Å². The van der Waals surface area contributed by atoms with E-state index < -0.39 is 12.0 Å². The Hall–Kier alpha value is -1.63. The number of aliphatic carboxylic acids is 1. The van der Waals surface area contributed by atoms with Gasteiger partial charge in [-0.05, 0) is 26.2 Å². The number of carbonyl (C=O) groups excluding carboxylic acids is 1. The maximum absolute atomic E-state index is 12.2. The lowest BCUT2D eigenvalue weighted by Crippen LogP contribution is -2.49. The average molecular weight is 284 g/mol. The number of carboxylic acids is 1. The van der Waals surface area contributed by atoms with Gasteiger partial charge in [-0.25, -0.2) is 4.79 Å². The highest BCUT2D eigenvalue weighted by molar-refractivity contribution is 7.07. The van der Waals surface area contributed by atoms with Gasteiger partial charge < -0.3 is 10.0 Å². The van der Waals surface area contributed by atoms with E-state index in [1.54, 1.807) is 12.3 Å². The summed E-state index contributed by atoms with van der Waals surface area (Å²) in [5.74, 6) is -1.27. The number of piperidine rings is 1. The molecular formula is C12H16N2O4S. The van der Waals surface area contributed by atoms with Gasteiger partial charge in [0.15, 0.2) is 0 Å². The van der Waals surface area contributed by atoms with E-state index in [4.69, 9.17) is 5.11 Å². The number of hydrogen-bond acceptors (Lipinski definition) is 4. The molecule has 0 aliphatic carbocycles. The fourth-order valence-corrected chi connectivity index (χ4v) is 3.04. The van der Waals surface area contributed by atoms with Crippen LogP contribution >= 0.6 is 11.3 Å². The number of hydrogen-bond donors (Lipinski definition) is 1. The third-order valence-corrected chi connectivity index (χ3v) is 4.26. The maximum Gasteiger partial charge on any atom is 0.326 e. The first-order chi connectivity index (χ1) is 9.00. The molecular weight excluding hydrogens is 268 g/mol. The van der Waals surface area contributed by atoms with E-state index in [0.29, 0.717) is 13.0 Å². The van der Waals surface area contributed by atoms with E-state index in [9.17, 15) is 14.4 Å². The SMILES string of the molecule is Cc1csc(=O)n1CC(=O)N1CCCCC1C(=O)O. The number of amides is 1. The summed E-state index contributed by atoms with van der Waals surface area (Å²) in [6, 6.07) is -0.754. The fourth-order valence-electron chi connectivity index (χ4n) is 2.31. The standard InChI is InChI=1S/C12H16N2O4S/c1-8-7-19-12(18)14(8)6-10(15)13-5-3-2-4-9(13)11(16)17/h7,9H,2-6H2,1H3,(H,16,17). The summed E-state index contributed by atoms with van der Waals surface area (Å²) in [5, 5.41) is 10.8. The zero-order valence-corrected chi connectivity index (χ0v) is 11.5. The maximum atomic E-state index is 12.2.